The fourth-order valence-corrected chi connectivity index (χ4v) is 4.59. The van der Waals surface area contributed by atoms with E-state index in [9.17, 15) is 16.8 Å². The molecule has 130 valence electrons. The van der Waals surface area contributed by atoms with Crippen molar-refractivity contribution in [3.63, 3.8) is 0 Å². The van der Waals surface area contributed by atoms with Crippen molar-refractivity contribution < 1.29 is 16.8 Å². The number of aryl methyl sites for hydroxylation is 1. The molecular weight excluding hydrogens is 354 g/mol. The minimum absolute atomic E-state index is 0.300. The normalized spacial score (nSPS) is 15.5. The molecule has 0 saturated heterocycles. The van der Waals surface area contributed by atoms with Crippen LogP contribution in [0.4, 0.5) is 5.69 Å². The van der Waals surface area contributed by atoms with Gasteiger partial charge in [0.1, 0.15) is 6.33 Å². The van der Waals surface area contributed by atoms with Gasteiger partial charge in [-0.25, -0.2) is 4.98 Å². The van der Waals surface area contributed by atoms with Gasteiger partial charge in [-0.1, -0.05) is 18.2 Å². The van der Waals surface area contributed by atoms with Crippen LogP contribution in [-0.2, 0) is 26.7 Å². The lowest BCUT2D eigenvalue weighted by atomic mass is 10.0. The van der Waals surface area contributed by atoms with E-state index < -0.39 is 25.4 Å². The second kappa shape index (κ2) is 5.83. The van der Waals surface area contributed by atoms with Gasteiger partial charge < -0.3 is 0 Å². The van der Waals surface area contributed by atoms with E-state index in [4.69, 9.17) is 0 Å². The number of benzene rings is 1. The zero-order chi connectivity index (χ0) is 17.5. The SMILES string of the molecule is CN(C)S(=O)(=O)n1cnc(S(=O)(=O)N2CCCc3ccccc32)n1. The van der Waals surface area contributed by atoms with E-state index in [1.807, 2.05) is 12.1 Å². The van der Waals surface area contributed by atoms with E-state index in [2.05, 4.69) is 10.1 Å². The first-order valence-corrected chi connectivity index (χ1v) is 10.0. The summed E-state index contributed by atoms with van der Waals surface area (Å²) in [6, 6.07) is 7.21. The standard InChI is InChI=1S/C13H17N5O4S2/c1-16(2)24(21,22)18-10-14-13(15-18)23(19,20)17-9-5-7-11-6-3-4-8-12(11)17/h3-4,6,8,10H,5,7,9H2,1-2H3. The Kier molecular flexibility index (Phi) is 4.10. The highest BCUT2D eigenvalue weighted by Gasteiger charge is 2.33. The summed E-state index contributed by atoms with van der Waals surface area (Å²) in [6.45, 7) is 0.300. The lowest BCUT2D eigenvalue weighted by Crippen LogP contribution is -2.36. The second-order valence-electron chi connectivity index (χ2n) is 5.50. The van der Waals surface area contributed by atoms with Crippen LogP contribution >= 0.6 is 0 Å². The number of anilines is 1. The van der Waals surface area contributed by atoms with Crippen LogP contribution in [0, 0.1) is 0 Å². The molecule has 24 heavy (non-hydrogen) atoms. The summed E-state index contributed by atoms with van der Waals surface area (Å²) >= 11 is 0. The minimum Gasteiger partial charge on any atom is -0.263 e. The third kappa shape index (κ3) is 2.68. The Balaban J connectivity index is 2.03. The molecule has 0 N–H and O–H groups in total. The molecule has 3 rings (SSSR count). The largest absolute Gasteiger partial charge is 0.323 e. The number of hydrogen-bond acceptors (Lipinski definition) is 6. The molecule has 1 aromatic carbocycles. The fourth-order valence-electron chi connectivity index (χ4n) is 2.48. The molecule has 1 aliphatic heterocycles. The summed E-state index contributed by atoms with van der Waals surface area (Å²) in [5.74, 6) is 0. The van der Waals surface area contributed by atoms with Crippen LogP contribution in [-0.4, -0.2) is 56.0 Å². The van der Waals surface area contributed by atoms with Gasteiger partial charge in [0.2, 0.25) is 0 Å². The third-order valence-corrected chi connectivity index (χ3v) is 6.92. The predicted molar refractivity (Wildman–Crippen MR) is 87.3 cm³/mol. The van der Waals surface area contributed by atoms with Gasteiger partial charge in [-0.05, 0) is 24.5 Å². The maximum atomic E-state index is 12.8. The van der Waals surface area contributed by atoms with Gasteiger partial charge in [0.15, 0.2) is 0 Å². The summed E-state index contributed by atoms with van der Waals surface area (Å²) < 4.78 is 52.4. The molecule has 0 saturated carbocycles. The highest BCUT2D eigenvalue weighted by molar-refractivity contribution is 7.92. The van der Waals surface area contributed by atoms with Crippen molar-refractivity contribution in [3.8, 4) is 0 Å². The molecule has 0 atom stereocenters. The third-order valence-electron chi connectivity index (χ3n) is 3.74. The van der Waals surface area contributed by atoms with Crippen molar-refractivity contribution >= 4 is 25.9 Å². The number of sulfonamides is 1. The van der Waals surface area contributed by atoms with Crippen LogP contribution in [0.1, 0.15) is 12.0 Å². The first-order chi connectivity index (χ1) is 11.2. The van der Waals surface area contributed by atoms with Crippen LogP contribution < -0.4 is 4.31 Å². The van der Waals surface area contributed by atoms with E-state index >= 15 is 0 Å². The quantitative estimate of drug-likeness (QED) is 0.753. The fraction of sp³-hybridized carbons (Fsp3) is 0.385. The Morgan fingerprint density at radius 3 is 2.54 bits per heavy atom. The average Bonchev–Trinajstić information content (AvgIpc) is 3.05. The molecule has 11 heteroatoms. The topological polar surface area (TPSA) is 105 Å². The molecule has 0 bridgehead atoms. The summed E-state index contributed by atoms with van der Waals surface area (Å²) in [5, 5.41) is 3.13. The molecule has 2 heterocycles. The Morgan fingerprint density at radius 1 is 1.12 bits per heavy atom. The van der Waals surface area contributed by atoms with Gasteiger partial charge in [-0.15, -0.1) is 9.19 Å². The Hall–Kier alpha value is -1.98. The summed E-state index contributed by atoms with van der Waals surface area (Å²) in [6.07, 6.45) is 2.35. The lowest BCUT2D eigenvalue weighted by molar-refractivity contribution is 0.502. The summed E-state index contributed by atoms with van der Waals surface area (Å²) in [7, 11) is -5.30. The van der Waals surface area contributed by atoms with Gasteiger partial charge in [-0.3, -0.25) is 4.31 Å². The van der Waals surface area contributed by atoms with Gasteiger partial charge in [0.05, 0.1) is 5.69 Å². The van der Waals surface area contributed by atoms with Crippen LogP contribution in [0.3, 0.4) is 0 Å². The lowest BCUT2D eigenvalue weighted by Gasteiger charge is -2.29. The average molecular weight is 371 g/mol. The molecule has 0 aliphatic carbocycles. The number of rotatable bonds is 4. The monoisotopic (exact) mass is 371 g/mol. The van der Waals surface area contributed by atoms with Crippen molar-refractivity contribution in [1.29, 1.82) is 0 Å². The van der Waals surface area contributed by atoms with E-state index in [0.29, 0.717) is 22.7 Å². The van der Waals surface area contributed by atoms with Gasteiger partial charge in [0, 0.05) is 20.6 Å². The minimum atomic E-state index is -4.03. The smallest absolute Gasteiger partial charge is 0.263 e. The summed E-state index contributed by atoms with van der Waals surface area (Å²) in [4.78, 5) is 3.70. The van der Waals surface area contributed by atoms with Crippen molar-refractivity contribution in [2.75, 3.05) is 24.9 Å². The molecule has 2 aromatic rings. The molecule has 1 aliphatic rings. The Bertz CT molecular complexity index is 966. The molecule has 0 spiro atoms. The highest BCUT2D eigenvalue weighted by Crippen LogP contribution is 2.30. The number of aromatic nitrogens is 3. The van der Waals surface area contributed by atoms with Gasteiger partial charge >= 0.3 is 20.2 Å². The van der Waals surface area contributed by atoms with Crippen LogP contribution in [0.2, 0.25) is 0 Å². The summed E-state index contributed by atoms with van der Waals surface area (Å²) in [5.41, 5.74) is 1.50. The maximum absolute atomic E-state index is 12.8. The van der Waals surface area contributed by atoms with Crippen molar-refractivity contribution in [2.24, 2.45) is 0 Å². The number of nitrogens with zero attached hydrogens (tertiary/aromatic N) is 5. The van der Waals surface area contributed by atoms with Gasteiger partial charge in [0.25, 0.3) is 5.16 Å². The Labute approximate surface area is 140 Å². The molecular formula is C13H17N5O4S2. The number of hydrogen-bond donors (Lipinski definition) is 0. The van der Waals surface area contributed by atoms with E-state index in [0.717, 1.165) is 22.6 Å². The van der Waals surface area contributed by atoms with E-state index in [1.165, 1.54) is 18.4 Å². The first-order valence-electron chi connectivity index (χ1n) is 7.20. The van der Waals surface area contributed by atoms with Crippen molar-refractivity contribution in [2.45, 2.75) is 18.0 Å². The van der Waals surface area contributed by atoms with Crippen molar-refractivity contribution in [3.05, 3.63) is 36.2 Å². The highest BCUT2D eigenvalue weighted by atomic mass is 32.2. The molecule has 1 aromatic heterocycles. The maximum Gasteiger partial charge on any atom is 0.323 e. The Morgan fingerprint density at radius 2 is 1.83 bits per heavy atom. The molecule has 0 fully saturated rings. The second-order valence-corrected chi connectivity index (χ2v) is 9.26. The zero-order valence-corrected chi connectivity index (χ0v) is 14.8. The van der Waals surface area contributed by atoms with Crippen molar-refractivity contribution in [1.82, 2.24) is 18.5 Å². The molecule has 9 nitrogen and oxygen atoms in total. The molecule has 0 radical (unpaired) electrons. The molecule has 0 unspecified atom stereocenters. The number of para-hydroxylation sites is 1. The van der Waals surface area contributed by atoms with Crippen LogP contribution in [0.15, 0.2) is 35.7 Å². The van der Waals surface area contributed by atoms with Crippen LogP contribution in [0.5, 0.6) is 0 Å². The van der Waals surface area contributed by atoms with E-state index in [1.54, 1.807) is 12.1 Å². The molecule has 0 amide bonds. The zero-order valence-electron chi connectivity index (χ0n) is 13.2. The predicted octanol–water partition coefficient (Wildman–Crippen LogP) is 0.0741. The van der Waals surface area contributed by atoms with Gasteiger partial charge in [-0.2, -0.15) is 21.1 Å². The number of fused-ring (bicyclic) bond motifs is 1. The first kappa shape index (κ1) is 16.9. The van der Waals surface area contributed by atoms with Crippen LogP contribution in [0.25, 0.3) is 0 Å². The van der Waals surface area contributed by atoms with E-state index in [-0.39, 0.29) is 0 Å².